The van der Waals surface area contributed by atoms with Crippen LogP contribution in [0, 0.1) is 5.82 Å². The number of carboxylic acid groups (broad SMARTS) is 1. The zero-order chi connectivity index (χ0) is 32.2. The Balaban J connectivity index is 1.62. The number of ether oxygens (including phenoxy) is 1. The molecule has 4 N–H and O–H groups in total. The van der Waals surface area contributed by atoms with E-state index in [9.17, 15) is 44.6 Å². The van der Waals surface area contributed by atoms with Crippen molar-refractivity contribution in [3.63, 3.8) is 0 Å². The molecule has 0 spiro atoms. The summed E-state index contributed by atoms with van der Waals surface area (Å²) in [5.74, 6) is -1.96. The number of rotatable bonds is 7. The van der Waals surface area contributed by atoms with Crippen LogP contribution in [0.25, 0.3) is 11.1 Å². The number of benzene rings is 3. The number of nitrogens with one attached hydrogen (secondary N) is 1. The molecule has 5 rings (SSSR count). The van der Waals surface area contributed by atoms with Crippen molar-refractivity contribution in [1.29, 1.82) is 0 Å². The van der Waals surface area contributed by atoms with Gasteiger partial charge in [0.2, 0.25) is 0 Å². The molecular weight excluding hydrogens is 621 g/mol. The van der Waals surface area contributed by atoms with Gasteiger partial charge in [0.1, 0.15) is 11.6 Å². The van der Waals surface area contributed by atoms with Crippen molar-refractivity contribution in [1.82, 2.24) is 9.03 Å². The highest BCUT2D eigenvalue weighted by atomic mass is 32.3. The van der Waals surface area contributed by atoms with Crippen molar-refractivity contribution < 1.29 is 54.5 Å². The lowest BCUT2D eigenvalue weighted by Gasteiger charge is -2.40. The summed E-state index contributed by atoms with van der Waals surface area (Å²) in [5.41, 5.74) is -1.27. The number of aliphatic carboxylic acids is 1. The lowest BCUT2D eigenvalue weighted by atomic mass is 9.90. The molecule has 2 heterocycles. The van der Waals surface area contributed by atoms with Crippen molar-refractivity contribution in [3.8, 4) is 16.9 Å². The number of aryl methyl sites for hydroxylation is 1. The summed E-state index contributed by atoms with van der Waals surface area (Å²) in [5, 5.41) is 9.10. The van der Waals surface area contributed by atoms with Crippen LogP contribution < -0.4 is 9.46 Å². The van der Waals surface area contributed by atoms with Crippen molar-refractivity contribution in [2.24, 2.45) is 0 Å². The Morgan fingerprint density at radius 2 is 1.66 bits per heavy atom. The van der Waals surface area contributed by atoms with E-state index in [4.69, 9.17) is 9.84 Å². The Hall–Kier alpha value is -3.37. The van der Waals surface area contributed by atoms with Gasteiger partial charge in [-0.15, -0.1) is 0 Å². The minimum atomic E-state index is -4.87. The Morgan fingerprint density at radius 3 is 2.30 bits per heavy atom. The number of alkyl halides is 6. The van der Waals surface area contributed by atoms with Crippen LogP contribution in [0.2, 0.25) is 0 Å². The van der Waals surface area contributed by atoms with Crippen LogP contribution in [0.4, 0.5) is 30.7 Å². The summed E-state index contributed by atoms with van der Waals surface area (Å²) < 4.78 is 128. The minimum Gasteiger partial charge on any atom is -0.496 e. The smallest absolute Gasteiger partial charge is 0.416 e. The molecule has 2 fully saturated rings. The second kappa shape index (κ2) is 11.5. The molecule has 2 aliphatic rings. The number of carbonyl (C=O) groups is 1. The van der Waals surface area contributed by atoms with Crippen molar-refractivity contribution >= 4 is 16.9 Å². The molecule has 44 heavy (non-hydrogen) atoms. The van der Waals surface area contributed by atoms with Crippen molar-refractivity contribution in [2.45, 2.75) is 56.2 Å². The first-order valence-corrected chi connectivity index (χ1v) is 14.8. The summed E-state index contributed by atoms with van der Waals surface area (Å²) in [6.45, 7) is 0. The Morgan fingerprint density at radius 1 is 0.955 bits per heavy atom. The number of methoxy groups -OCH3 is 1. The van der Waals surface area contributed by atoms with E-state index < -0.39 is 64.4 Å². The normalized spacial score (nSPS) is 22.5. The maximum atomic E-state index is 14.3. The maximum Gasteiger partial charge on any atom is 0.416 e. The molecule has 0 bridgehead atoms. The molecule has 0 unspecified atom stereocenters. The monoisotopic (exact) mass is 648 g/mol. The average molecular weight is 649 g/mol. The first-order chi connectivity index (χ1) is 20.5. The van der Waals surface area contributed by atoms with Gasteiger partial charge in [-0.3, -0.25) is 13.9 Å². The number of nitrogens with zero attached hydrogens (tertiary/aromatic N) is 1. The van der Waals surface area contributed by atoms with Gasteiger partial charge in [-0.25, -0.2) is 4.39 Å². The van der Waals surface area contributed by atoms with Gasteiger partial charge in [0.15, 0.2) is 0 Å². The van der Waals surface area contributed by atoms with Gasteiger partial charge in [0, 0.05) is 12.0 Å². The van der Waals surface area contributed by atoms with E-state index in [1.807, 2.05) is 0 Å². The van der Waals surface area contributed by atoms with Gasteiger partial charge in [-0.1, -0.05) is 23.1 Å². The predicted molar refractivity (Wildman–Crippen MR) is 147 cm³/mol. The van der Waals surface area contributed by atoms with Crippen molar-refractivity contribution in [2.75, 3.05) is 7.11 Å². The molecule has 238 valence electrons. The molecule has 2 saturated heterocycles. The lowest BCUT2D eigenvalue weighted by molar-refractivity contribution is -0.138. The fraction of sp³-hybridized carbons (Fsp3) is 0.345. The van der Waals surface area contributed by atoms with Gasteiger partial charge in [0.05, 0.1) is 36.4 Å². The summed E-state index contributed by atoms with van der Waals surface area (Å²) in [4.78, 5) is 11.1. The molecule has 7 nitrogen and oxygen atoms in total. The third-order valence-corrected chi connectivity index (χ3v) is 9.54. The molecule has 0 saturated carbocycles. The number of hydrogen-bond acceptors (Lipinski definition) is 6. The quantitative estimate of drug-likeness (QED) is 0.193. The standard InChI is InChI=1S/C29H27F7N2O5S/c1-43-25-8-2-15(3-9-26(39)40)10-22(25)20-5-4-17(28(31,32)33)14-21(20)23-6-7-24-27(37-44(41,42)38(23)24)16-11-18(29(34,35)36)13-19(30)12-16/h2,4-5,8,10-14,23-24,27,37,41-42H,3,6-7,9H2,1H3,(H,39,40)/t23-,24-,27+/m0/s1. The minimum absolute atomic E-state index is 0.0497. The third-order valence-electron chi connectivity index (χ3n) is 7.86. The van der Waals surface area contributed by atoms with Crippen molar-refractivity contribution in [3.05, 3.63) is 88.2 Å². The fourth-order valence-corrected chi connectivity index (χ4v) is 7.91. The maximum absolute atomic E-state index is 14.3. The number of hydrogen-bond donors (Lipinski definition) is 4. The Kier molecular flexibility index (Phi) is 8.39. The molecule has 15 heteroatoms. The third kappa shape index (κ3) is 6.24. The molecule has 0 aliphatic carbocycles. The first-order valence-electron chi connectivity index (χ1n) is 13.3. The van der Waals surface area contributed by atoms with Crippen LogP contribution in [-0.4, -0.2) is 37.6 Å². The topological polar surface area (TPSA) is 102 Å². The van der Waals surface area contributed by atoms with E-state index in [-0.39, 0.29) is 48.1 Å². The van der Waals surface area contributed by atoms with Crippen LogP contribution in [0.1, 0.15) is 59.2 Å². The highest BCUT2D eigenvalue weighted by Gasteiger charge is 2.53. The molecular formula is C29H27F7N2O5S. The van der Waals surface area contributed by atoms with E-state index in [0.29, 0.717) is 23.3 Å². The number of carboxylic acids is 1. The van der Waals surface area contributed by atoms with Crippen LogP contribution >= 0.6 is 11.0 Å². The largest absolute Gasteiger partial charge is 0.496 e. The Bertz CT molecular complexity index is 1580. The van der Waals surface area contributed by atoms with Gasteiger partial charge in [-0.2, -0.15) is 35.4 Å². The van der Waals surface area contributed by atoms with Crippen LogP contribution in [0.15, 0.2) is 54.6 Å². The Labute approximate surface area is 248 Å². The van der Waals surface area contributed by atoms with E-state index >= 15 is 0 Å². The summed E-state index contributed by atoms with van der Waals surface area (Å²) in [6.07, 6.45) is -9.49. The van der Waals surface area contributed by atoms with E-state index in [0.717, 1.165) is 22.5 Å². The van der Waals surface area contributed by atoms with Crippen LogP contribution in [-0.2, 0) is 23.6 Å². The number of halogens is 7. The van der Waals surface area contributed by atoms with E-state index in [1.165, 1.54) is 13.2 Å². The zero-order valence-corrected chi connectivity index (χ0v) is 23.7. The molecule has 0 aromatic heterocycles. The molecule has 2 aliphatic heterocycles. The molecule has 3 aromatic carbocycles. The molecule has 3 aromatic rings. The van der Waals surface area contributed by atoms with Crippen LogP contribution in [0.3, 0.4) is 0 Å². The lowest BCUT2D eigenvalue weighted by Crippen LogP contribution is -2.30. The van der Waals surface area contributed by atoms with E-state index in [2.05, 4.69) is 4.72 Å². The second-order valence-electron chi connectivity index (χ2n) is 10.6. The number of fused-ring (bicyclic) bond motifs is 1. The van der Waals surface area contributed by atoms with Gasteiger partial charge in [-0.05, 0) is 84.0 Å². The summed E-state index contributed by atoms with van der Waals surface area (Å²) in [6, 6.07) is 6.48. The molecule has 0 radical (unpaired) electrons. The van der Waals surface area contributed by atoms with Gasteiger partial charge < -0.3 is 9.84 Å². The highest BCUT2D eigenvalue weighted by Crippen LogP contribution is 2.62. The average Bonchev–Trinajstić information content (AvgIpc) is 3.49. The first kappa shape index (κ1) is 32.0. The van der Waals surface area contributed by atoms with Crippen LogP contribution in [0.5, 0.6) is 5.75 Å². The van der Waals surface area contributed by atoms with Gasteiger partial charge in [0.25, 0.3) is 0 Å². The zero-order valence-electron chi connectivity index (χ0n) is 22.9. The molecule has 3 atom stereocenters. The summed E-state index contributed by atoms with van der Waals surface area (Å²) >= 11 is 0. The van der Waals surface area contributed by atoms with E-state index in [1.54, 1.807) is 18.2 Å². The molecule has 0 amide bonds. The highest BCUT2D eigenvalue weighted by molar-refractivity contribution is 8.20. The second-order valence-corrected chi connectivity index (χ2v) is 12.3. The van der Waals surface area contributed by atoms with Gasteiger partial charge >= 0.3 is 18.3 Å². The fourth-order valence-electron chi connectivity index (χ4n) is 5.97. The summed E-state index contributed by atoms with van der Waals surface area (Å²) in [7, 11) is -2.61. The SMILES string of the molecule is COc1ccc(CCC(=O)O)cc1-c1ccc(C(F)(F)F)cc1[C@@H]1CC[C@H]2[C@@H](c3cc(F)cc(C(F)(F)F)c3)NS(O)(O)N12. The predicted octanol–water partition coefficient (Wildman–Crippen LogP) is 7.99.